The highest BCUT2D eigenvalue weighted by Crippen LogP contribution is 2.17. The Balaban J connectivity index is 1.74. The molecule has 0 radical (unpaired) electrons. The van der Waals surface area contributed by atoms with Crippen LogP contribution in [0.5, 0.6) is 0 Å². The lowest BCUT2D eigenvalue weighted by Gasteiger charge is -2.13. The van der Waals surface area contributed by atoms with Crippen LogP contribution in [0.3, 0.4) is 0 Å². The van der Waals surface area contributed by atoms with Crippen LogP contribution in [0.4, 0.5) is 4.39 Å². The number of thioether (sulfide) groups is 1. The molecule has 1 aliphatic heterocycles. The molecule has 1 aliphatic rings. The number of ether oxygens (including phenoxy) is 2. The van der Waals surface area contributed by atoms with Gasteiger partial charge >= 0.3 is 0 Å². The average molecular weight is 398 g/mol. The van der Waals surface area contributed by atoms with Gasteiger partial charge in [0.25, 0.3) is 0 Å². The minimum absolute atomic E-state index is 0.195. The predicted molar refractivity (Wildman–Crippen MR) is 111 cm³/mol. The van der Waals surface area contributed by atoms with Gasteiger partial charge in [0, 0.05) is 32.1 Å². The van der Waals surface area contributed by atoms with Gasteiger partial charge in [-0.1, -0.05) is 6.07 Å². The lowest BCUT2D eigenvalue weighted by atomic mass is 10.1. The van der Waals surface area contributed by atoms with Gasteiger partial charge in [-0.2, -0.15) is 11.8 Å². The summed E-state index contributed by atoms with van der Waals surface area (Å²) >= 11 is 1.68. The number of halogens is 1. The van der Waals surface area contributed by atoms with Crippen LogP contribution < -0.4 is 10.6 Å². The zero-order valence-electron chi connectivity index (χ0n) is 16.4. The van der Waals surface area contributed by atoms with E-state index >= 15 is 0 Å². The first-order valence-electron chi connectivity index (χ1n) is 9.70. The maximum absolute atomic E-state index is 13.5. The lowest BCUT2D eigenvalue weighted by Crippen LogP contribution is -2.38. The zero-order valence-corrected chi connectivity index (χ0v) is 17.2. The highest BCUT2D eigenvalue weighted by molar-refractivity contribution is 7.97. The summed E-state index contributed by atoms with van der Waals surface area (Å²) in [5.74, 6) is 1.37. The molecule has 0 saturated carbocycles. The van der Waals surface area contributed by atoms with E-state index in [1.165, 1.54) is 6.07 Å². The molecule has 1 heterocycles. The summed E-state index contributed by atoms with van der Waals surface area (Å²) in [5.41, 5.74) is 2.06. The summed E-state index contributed by atoms with van der Waals surface area (Å²) < 4.78 is 24.7. The first kappa shape index (κ1) is 22.0. The Hall–Kier alpha value is -1.31. The molecule has 0 spiro atoms. The number of guanidine groups is 1. The molecule has 2 rings (SSSR count). The molecule has 0 amide bonds. The Morgan fingerprint density at radius 2 is 2.26 bits per heavy atom. The SMILES string of the molecule is CCNC(=NCc1ccc(F)cc1CSC)NCCCOCC1CCCO1. The van der Waals surface area contributed by atoms with Crippen molar-refractivity contribution in [1.29, 1.82) is 0 Å². The molecule has 1 atom stereocenters. The first-order chi connectivity index (χ1) is 13.2. The fraction of sp³-hybridized carbons (Fsp3) is 0.650. The Morgan fingerprint density at radius 3 is 3.00 bits per heavy atom. The van der Waals surface area contributed by atoms with E-state index in [1.54, 1.807) is 17.8 Å². The van der Waals surface area contributed by atoms with Crippen molar-refractivity contribution in [2.45, 2.75) is 44.6 Å². The highest BCUT2D eigenvalue weighted by Gasteiger charge is 2.14. The summed E-state index contributed by atoms with van der Waals surface area (Å²) in [6.45, 7) is 6.42. The minimum Gasteiger partial charge on any atom is -0.379 e. The number of aliphatic imine (C=N–C) groups is 1. The zero-order chi connectivity index (χ0) is 19.3. The third-order valence-electron chi connectivity index (χ3n) is 4.31. The second-order valence-corrected chi connectivity index (χ2v) is 7.40. The highest BCUT2D eigenvalue weighted by atomic mass is 32.2. The summed E-state index contributed by atoms with van der Waals surface area (Å²) in [7, 11) is 0. The van der Waals surface area contributed by atoms with Gasteiger partial charge in [0.05, 0.1) is 19.3 Å². The molecule has 1 unspecified atom stereocenters. The predicted octanol–water partition coefficient (Wildman–Crippen LogP) is 3.33. The van der Waals surface area contributed by atoms with E-state index in [1.807, 2.05) is 19.2 Å². The monoisotopic (exact) mass is 397 g/mol. The van der Waals surface area contributed by atoms with Gasteiger partial charge in [-0.05, 0) is 55.7 Å². The number of nitrogens with zero attached hydrogens (tertiary/aromatic N) is 1. The van der Waals surface area contributed by atoms with Crippen LogP contribution in [-0.2, 0) is 21.8 Å². The van der Waals surface area contributed by atoms with Crippen molar-refractivity contribution in [3.05, 3.63) is 35.1 Å². The molecule has 1 fully saturated rings. The van der Waals surface area contributed by atoms with Gasteiger partial charge < -0.3 is 20.1 Å². The van der Waals surface area contributed by atoms with Crippen LogP contribution in [-0.4, -0.2) is 51.2 Å². The molecule has 1 aromatic rings. The van der Waals surface area contributed by atoms with E-state index < -0.39 is 0 Å². The van der Waals surface area contributed by atoms with Crippen molar-refractivity contribution in [2.24, 2.45) is 4.99 Å². The Bertz CT molecular complexity index is 580. The molecule has 7 heteroatoms. The van der Waals surface area contributed by atoms with Crippen LogP contribution in [0.15, 0.2) is 23.2 Å². The fourth-order valence-corrected chi connectivity index (χ4v) is 3.50. The molecule has 5 nitrogen and oxygen atoms in total. The number of hydrogen-bond acceptors (Lipinski definition) is 4. The van der Waals surface area contributed by atoms with Gasteiger partial charge in [-0.3, -0.25) is 0 Å². The molecule has 0 aliphatic carbocycles. The smallest absolute Gasteiger partial charge is 0.191 e. The second-order valence-electron chi connectivity index (χ2n) is 6.53. The van der Waals surface area contributed by atoms with E-state index in [4.69, 9.17) is 9.47 Å². The van der Waals surface area contributed by atoms with Gasteiger partial charge in [0.1, 0.15) is 5.82 Å². The number of rotatable bonds is 11. The maximum atomic E-state index is 13.5. The molecular weight excluding hydrogens is 365 g/mol. The van der Waals surface area contributed by atoms with Crippen molar-refractivity contribution in [1.82, 2.24) is 10.6 Å². The van der Waals surface area contributed by atoms with Crippen molar-refractivity contribution < 1.29 is 13.9 Å². The third kappa shape index (κ3) is 8.49. The molecule has 1 aromatic carbocycles. The Labute approximate surface area is 166 Å². The molecule has 1 saturated heterocycles. The second kappa shape index (κ2) is 13.0. The Kier molecular flexibility index (Phi) is 10.6. The molecule has 152 valence electrons. The van der Waals surface area contributed by atoms with Gasteiger partial charge in [0.2, 0.25) is 0 Å². The number of nitrogens with one attached hydrogen (secondary N) is 2. The third-order valence-corrected chi connectivity index (χ3v) is 4.91. The summed E-state index contributed by atoms with van der Waals surface area (Å²) in [6, 6.07) is 4.93. The van der Waals surface area contributed by atoms with E-state index in [9.17, 15) is 4.39 Å². The molecular formula is C20H32FN3O2S. The minimum atomic E-state index is -0.195. The summed E-state index contributed by atoms with van der Waals surface area (Å²) in [6.07, 6.45) is 5.46. The normalized spacial score (nSPS) is 17.3. The summed E-state index contributed by atoms with van der Waals surface area (Å²) in [4.78, 5) is 4.64. The van der Waals surface area contributed by atoms with Gasteiger partial charge in [-0.15, -0.1) is 0 Å². The standard InChI is InChI=1S/C20H32FN3O2S/c1-3-22-20(23-9-5-10-25-14-19-6-4-11-26-19)24-13-16-7-8-18(21)12-17(16)15-27-2/h7-8,12,19H,3-6,9-11,13-15H2,1-2H3,(H2,22,23,24). The average Bonchev–Trinajstić information content (AvgIpc) is 3.17. The number of benzene rings is 1. The van der Waals surface area contributed by atoms with Crippen LogP contribution in [0, 0.1) is 5.82 Å². The molecule has 0 bridgehead atoms. The Morgan fingerprint density at radius 1 is 1.37 bits per heavy atom. The molecule has 0 aromatic heterocycles. The van der Waals surface area contributed by atoms with E-state index in [-0.39, 0.29) is 11.9 Å². The number of hydrogen-bond donors (Lipinski definition) is 2. The van der Waals surface area contributed by atoms with Gasteiger partial charge in [0.15, 0.2) is 5.96 Å². The quantitative estimate of drug-likeness (QED) is 0.341. The lowest BCUT2D eigenvalue weighted by molar-refractivity contribution is 0.0168. The maximum Gasteiger partial charge on any atom is 0.191 e. The van der Waals surface area contributed by atoms with E-state index in [2.05, 4.69) is 15.6 Å². The van der Waals surface area contributed by atoms with E-state index in [0.29, 0.717) is 19.8 Å². The van der Waals surface area contributed by atoms with Crippen LogP contribution in [0.2, 0.25) is 0 Å². The topological polar surface area (TPSA) is 54.9 Å². The van der Waals surface area contributed by atoms with Crippen LogP contribution in [0.1, 0.15) is 37.3 Å². The molecule has 27 heavy (non-hydrogen) atoms. The summed E-state index contributed by atoms with van der Waals surface area (Å²) in [5, 5.41) is 6.58. The van der Waals surface area contributed by atoms with Crippen LogP contribution in [0.25, 0.3) is 0 Å². The molecule has 2 N–H and O–H groups in total. The first-order valence-corrected chi connectivity index (χ1v) is 11.1. The van der Waals surface area contributed by atoms with Gasteiger partial charge in [-0.25, -0.2) is 9.38 Å². The van der Waals surface area contributed by atoms with Crippen molar-refractivity contribution >= 4 is 17.7 Å². The van der Waals surface area contributed by atoms with Crippen molar-refractivity contribution in [3.8, 4) is 0 Å². The van der Waals surface area contributed by atoms with E-state index in [0.717, 1.165) is 61.8 Å². The largest absolute Gasteiger partial charge is 0.379 e. The van der Waals surface area contributed by atoms with Crippen molar-refractivity contribution in [2.75, 3.05) is 39.2 Å². The fourth-order valence-electron chi connectivity index (χ4n) is 2.92. The van der Waals surface area contributed by atoms with Crippen molar-refractivity contribution in [3.63, 3.8) is 0 Å². The van der Waals surface area contributed by atoms with Crippen LogP contribution >= 0.6 is 11.8 Å².